The van der Waals surface area contributed by atoms with Gasteiger partial charge in [0.25, 0.3) is 0 Å². The van der Waals surface area contributed by atoms with Crippen LogP contribution in [0.2, 0.25) is 0 Å². The summed E-state index contributed by atoms with van der Waals surface area (Å²) in [4.78, 5) is 0. The Morgan fingerprint density at radius 3 is 2.42 bits per heavy atom. The van der Waals surface area contributed by atoms with Gasteiger partial charge in [0.1, 0.15) is 0 Å². The number of rotatable bonds is 5. The average molecular weight is 168 g/mol. The van der Waals surface area contributed by atoms with Crippen LogP contribution < -0.4 is 0 Å². The third-order valence-electron chi connectivity index (χ3n) is 3.52. The van der Waals surface area contributed by atoms with Gasteiger partial charge in [0.05, 0.1) is 0 Å². The molecule has 0 bridgehead atoms. The van der Waals surface area contributed by atoms with Crippen molar-refractivity contribution in [2.24, 2.45) is 11.8 Å². The maximum Gasteiger partial charge on any atom is -0.0386 e. The Balaban J connectivity index is 2.12. The van der Waals surface area contributed by atoms with Gasteiger partial charge in [-0.25, -0.2) is 0 Å². The van der Waals surface area contributed by atoms with E-state index in [4.69, 9.17) is 0 Å². The zero-order valence-electron chi connectivity index (χ0n) is 8.81. The Kier molecular flexibility index (Phi) is 4.72. The summed E-state index contributed by atoms with van der Waals surface area (Å²) in [5.74, 6) is 2.18. The summed E-state index contributed by atoms with van der Waals surface area (Å²) in [6, 6.07) is 0. The maximum atomic E-state index is 2.36. The lowest BCUT2D eigenvalue weighted by Crippen LogP contribution is -2.06. The first-order valence-electron chi connectivity index (χ1n) is 5.88. The lowest BCUT2D eigenvalue weighted by Gasteiger charge is -2.17. The molecule has 0 nitrogen and oxygen atoms in total. The maximum absolute atomic E-state index is 2.36. The molecular weight excluding hydrogens is 144 g/mol. The monoisotopic (exact) mass is 168 g/mol. The van der Waals surface area contributed by atoms with Crippen molar-refractivity contribution in [3.63, 3.8) is 0 Å². The quantitative estimate of drug-likeness (QED) is 0.534. The summed E-state index contributed by atoms with van der Waals surface area (Å²) in [6.07, 6.45) is 11.8. The lowest BCUT2D eigenvalue weighted by atomic mass is 9.89. The second-order valence-electron chi connectivity index (χ2n) is 4.36. The zero-order chi connectivity index (χ0) is 8.81. The van der Waals surface area contributed by atoms with Gasteiger partial charge in [0.15, 0.2) is 0 Å². The molecule has 0 saturated heterocycles. The van der Waals surface area contributed by atoms with E-state index in [1.54, 1.807) is 0 Å². The molecule has 1 saturated carbocycles. The van der Waals surface area contributed by atoms with Crippen molar-refractivity contribution >= 4 is 0 Å². The van der Waals surface area contributed by atoms with E-state index in [2.05, 4.69) is 13.8 Å². The minimum Gasteiger partial charge on any atom is -0.0654 e. The van der Waals surface area contributed by atoms with Gasteiger partial charge in [-0.05, 0) is 11.8 Å². The highest BCUT2D eigenvalue weighted by atomic mass is 14.3. The van der Waals surface area contributed by atoms with Crippen molar-refractivity contribution in [3.8, 4) is 0 Å². The van der Waals surface area contributed by atoms with E-state index >= 15 is 0 Å². The van der Waals surface area contributed by atoms with Gasteiger partial charge in [-0.2, -0.15) is 0 Å². The molecule has 0 heterocycles. The van der Waals surface area contributed by atoms with Gasteiger partial charge in [-0.3, -0.25) is 0 Å². The van der Waals surface area contributed by atoms with Crippen LogP contribution in [0.4, 0.5) is 0 Å². The molecule has 72 valence electrons. The summed E-state index contributed by atoms with van der Waals surface area (Å²) in [6.45, 7) is 4.66. The molecule has 0 aliphatic heterocycles. The highest BCUT2D eigenvalue weighted by molar-refractivity contribution is 4.76. The number of unbranched alkanes of at least 4 members (excludes halogenated alkanes) is 2. The summed E-state index contributed by atoms with van der Waals surface area (Å²) in [7, 11) is 0. The van der Waals surface area contributed by atoms with Crippen molar-refractivity contribution in [3.05, 3.63) is 0 Å². The van der Waals surface area contributed by atoms with Crippen LogP contribution in [-0.4, -0.2) is 0 Å². The molecule has 0 spiro atoms. The van der Waals surface area contributed by atoms with Crippen LogP contribution in [0.3, 0.4) is 0 Å². The van der Waals surface area contributed by atoms with Gasteiger partial charge < -0.3 is 0 Å². The molecule has 0 radical (unpaired) electrons. The minimum absolute atomic E-state index is 1.09. The highest BCUT2D eigenvalue weighted by Crippen LogP contribution is 2.37. The van der Waals surface area contributed by atoms with Gasteiger partial charge in [0.2, 0.25) is 0 Å². The molecular formula is C12H24. The van der Waals surface area contributed by atoms with Crippen molar-refractivity contribution in [1.29, 1.82) is 0 Å². The fraction of sp³-hybridized carbons (Fsp3) is 1.00. The first-order chi connectivity index (χ1) is 5.88. The van der Waals surface area contributed by atoms with Crippen LogP contribution >= 0.6 is 0 Å². The Morgan fingerprint density at radius 1 is 1.00 bits per heavy atom. The smallest absolute Gasteiger partial charge is 0.0386 e. The van der Waals surface area contributed by atoms with Crippen LogP contribution in [0.25, 0.3) is 0 Å². The summed E-state index contributed by atoms with van der Waals surface area (Å²) in [5.41, 5.74) is 0. The van der Waals surface area contributed by atoms with Gasteiger partial charge >= 0.3 is 0 Å². The first-order valence-corrected chi connectivity index (χ1v) is 5.88. The van der Waals surface area contributed by atoms with E-state index in [0.717, 1.165) is 11.8 Å². The Bertz CT molecular complexity index is 107. The molecule has 0 aromatic heterocycles. The molecule has 1 fully saturated rings. The molecule has 1 rings (SSSR count). The van der Waals surface area contributed by atoms with E-state index in [1.807, 2.05) is 0 Å². The van der Waals surface area contributed by atoms with Crippen molar-refractivity contribution < 1.29 is 0 Å². The van der Waals surface area contributed by atoms with Crippen molar-refractivity contribution in [2.45, 2.75) is 65.2 Å². The Labute approximate surface area is 77.7 Å². The largest absolute Gasteiger partial charge is 0.0654 e. The van der Waals surface area contributed by atoms with E-state index in [1.165, 1.54) is 51.4 Å². The molecule has 12 heavy (non-hydrogen) atoms. The van der Waals surface area contributed by atoms with Crippen molar-refractivity contribution in [1.82, 2.24) is 0 Å². The fourth-order valence-corrected chi connectivity index (χ4v) is 2.69. The Morgan fingerprint density at radius 2 is 1.75 bits per heavy atom. The van der Waals surface area contributed by atoms with Crippen LogP contribution in [0.5, 0.6) is 0 Å². The predicted octanol–water partition coefficient (Wildman–Crippen LogP) is 4.39. The fourth-order valence-electron chi connectivity index (χ4n) is 2.69. The topological polar surface area (TPSA) is 0 Å². The molecule has 0 N–H and O–H groups in total. The molecule has 0 amide bonds. The third-order valence-corrected chi connectivity index (χ3v) is 3.52. The zero-order valence-corrected chi connectivity index (χ0v) is 8.81. The van der Waals surface area contributed by atoms with E-state index < -0.39 is 0 Å². The molecule has 0 aromatic carbocycles. The second kappa shape index (κ2) is 5.61. The number of hydrogen-bond donors (Lipinski definition) is 0. The summed E-state index contributed by atoms with van der Waals surface area (Å²) < 4.78 is 0. The predicted molar refractivity (Wildman–Crippen MR) is 55.3 cm³/mol. The van der Waals surface area contributed by atoms with Crippen LogP contribution in [0.1, 0.15) is 65.2 Å². The molecule has 1 aliphatic carbocycles. The van der Waals surface area contributed by atoms with Gasteiger partial charge in [-0.15, -0.1) is 0 Å². The first kappa shape index (κ1) is 10.1. The Hall–Kier alpha value is 0. The average Bonchev–Trinajstić information content (AvgIpc) is 2.52. The minimum atomic E-state index is 1.09. The van der Waals surface area contributed by atoms with Crippen LogP contribution in [-0.2, 0) is 0 Å². The third kappa shape index (κ3) is 2.80. The second-order valence-corrected chi connectivity index (χ2v) is 4.36. The molecule has 0 heteroatoms. The lowest BCUT2D eigenvalue weighted by molar-refractivity contribution is 0.344. The molecule has 2 unspecified atom stereocenters. The summed E-state index contributed by atoms with van der Waals surface area (Å²) in [5, 5.41) is 0. The van der Waals surface area contributed by atoms with Gasteiger partial charge in [0, 0.05) is 0 Å². The van der Waals surface area contributed by atoms with Crippen molar-refractivity contribution in [2.75, 3.05) is 0 Å². The number of hydrogen-bond acceptors (Lipinski definition) is 0. The molecule has 1 aliphatic rings. The SMILES string of the molecule is CCCCCC1CCCC1CC. The normalized spacial score (nSPS) is 29.5. The van der Waals surface area contributed by atoms with Gasteiger partial charge in [-0.1, -0.05) is 65.2 Å². The van der Waals surface area contributed by atoms with Crippen LogP contribution in [0, 0.1) is 11.8 Å². The van der Waals surface area contributed by atoms with E-state index in [9.17, 15) is 0 Å². The molecule has 2 atom stereocenters. The van der Waals surface area contributed by atoms with E-state index in [-0.39, 0.29) is 0 Å². The van der Waals surface area contributed by atoms with E-state index in [0.29, 0.717) is 0 Å². The summed E-state index contributed by atoms with van der Waals surface area (Å²) >= 11 is 0. The van der Waals surface area contributed by atoms with Crippen LogP contribution in [0.15, 0.2) is 0 Å². The standard InChI is InChI=1S/C12H24/c1-3-5-6-8-12-10-7-9-11(12)4-2/h11-12H,3-10H2,1-2H3. The highest BCUT2D eigenvalue weighted by Gasteiger charge is 2.24. The molecule has 0 aromatic rings.